The topological polar surface area (TPSA) is 55.4 Å². The molecule has 0 aliphatic rings. The summed E-state index contributed by atoms with van der Waals surface area (Å²) in [5.41, 5.74) is -0.352. The van der Waals surface area contributed by atoms with Gasteiger partial charge >= 0.3 is 6.18 Å². The van der Waals surface area contributed by atoms with Crippen LogP contribution in [0.1, 0.15) is 45.7 Å². The lowest BCUT2D eigenvalue weighted by Gasteiger charge is -2.26. The van der Waals surface area contributed by atoms with E-state index < -0.39 is 26.3 Å². The Kier molecular flexibility index (Phi) is 6.93. The second-order valence-corrected chi connectivity index (χ2v) is 11.3. The maximum atomic E-state index is 12.9. The van der Waals surface area contributed by atoms with Crippen LogP contribution in [0.3, 0.4) is 0 Å². The predicted octanol–water partition coefficient (Wildman–Crippen LogP) is 5.22. The number of rotatable bonds is 7. The molecule has 0 aliphatic carbocycles. The average Bonchev–Trinajstić information content (AvgIpc) is 2.61. The summed E-state index contributed by atoms with van der Waals surface area (Å²) in [4.78, 5) is -0.340. The molecule has 0 heterocycles. The minimum atomic E-state index is -4.60. The van der Waals surface area contributed by atoms with E-state index in [-0.39, 0.29) is 17.0 Å². The molecule has 0 saturated carbocycles. The van der Waals surface area contributed by atoms with Gasteiger partial charge in [0.25, 0.3) is 0 Å². The third-order valence-electron chi connectivity index (χ3n) is 4.43. The number of hydrogen-bond donors (Lipinski definition) is 1. The SMILES string of the molecule is CC(C)(C)Oc1ccc(CNCC(C)(C)S(=O)(=O)c2cccc(C(F)(F)F)c2)cc1. The van der Waals surface area contributed by atoms with Crippen molar-refractivity contribution in [3.8, 4) is 5.75 Å². The molecule has 0 radical (unpaired) electrons. The Bertz CT molecular complexity index is 960. The Balaban J connectivity index is 2.06. The summed E-state index contributed by atoms with van der Waals surface area (Å²) < 4.78 is 69.2. The largest absolute Gasteiger partial charge is 0.488 e. The van der Waals surface area contributed by atoms with E-state index in [2.05, 4.69) is 5.32 Å². The van der Waals surface area contributed by atoms with Crippen molar-refractivity contribution in [1.82, 2.24) is 5.32 Å². The van der Waals surface area contributed by atoms with Crippen LogP contribution in [-0.2, 0) is 22.6 Å². The van der Waals surface area contributed by atoms with Crippen molar-refractivity contribution in [2.45, 2.75) is 62.6 Å². The lowest BCUT2D eigenvalue weighted by atomic mass is 10.1. The lowest BCUT2D eigenvalue weighted by molar-refractivity contribution is -0.137. The highest BCUT2D eigenvalue weighted by Gasteiger charge is 2.37. The van der Waals surface area contributed by atoms with Gasteiger partial charge in [0, 0.05) is 13.1 Å². The average molecular weight is 444 g/mol. The van der Waals surface area contributed by atoms with Gasteiger partial charge in [0.2, 0.25) is 0 Å². The van der Waals surface area contributed by atoms with Gasteiger partial charge in [-0.1, -0.05) is 18.2 Å². The molecule has 0 amide bonds. The summed E-state index contributed by atoms with van der Waals surface area (Å²) >= 11 is 0. The maximum absolute atomic E-state index is 12.9. The molecule has 0 saturated heterocycles. The number of hydrogen-bond acceptors (Lipinski definition) is 4. The van der Waals surface area contributed by atoms with Gasteiger partial charge < -0.3 is 10.1 Å². The van der Waals surface area contributed by atoms with E-state index in [0.29, 0.717) is 12.6 Å². The zero-order valence-electron chi connectivity index (χ0n) is 17.8. The first kappa shape index (κ1) is 24.2. The third-order valence-corrected chi connectivity index (χ3v) is 6.90. The number of benzene rings is 2. The molecule has 0 aliphatic heterocycles. The molecule has 0 unspecified atom stereocenters. The zero-order valence-corrected chi connectivity index (χ0v) is 18.6. The smallest absolute Gasteiger partial charge is 0.416 e. The summed E-state index contributed by atoms with van der Waals surface area (Å²) in [5.74, 6) is 0.735. The Morgan fingerprint density at radius 1 is 0.933 bits per heavy atom. The minimum absolute atomic E-state index is 0.0752. The fourth-order valence-corrected chi connectivity index (χ4v) is 4.26. The molecule has 2 rings (SSSR count). The van der Waals surface area contributed by atoms with Crippen molar-refractivity contribution in [3.05, 3.63) is 59.7 Å². The summed E-state index contributed by atoms with van der Waals surface area (Å²) in [7, 11) is -3.99. The standard InChI is InChI=1S/C22H28F3NO3S/c1-20(2,3)29-18-11-9-16(10-12-18)14-26-15-21(4,5)30(27,28)19-8-6-7-17(13-19)22(23,24)25/h6-13,26H,14-15H2,1-5H3. The first-order valence-electron chi connectivity index (χ1n) is 9.52. The third kappa shape index (κ3) is 6.22. The van der Waals surface area contributed by atoms with Crippen LogP contribution in [0.4, 0.5) is 13.2 Å². The van der Waals surface area contributed by atoms with Crippen LogP contribution in [0.25, 0.3) is 0 Å². The van der Waals surface area contributed by atoms with Crippen LogP contribution in [0.2, 0.25) is 0 Å². The van der Waals surface area contributed by atoms with Crippen molar-refractivity contribution < 1.29 is 26.3 Å². The highest BCUT2D eigenvalue weighted by Crippen LogP contribution is 2.33. The van der Waals surface area contributed by atoms with E-state index in [0.717, 1.165) is 23.4 Å². The molecule has 1 N–H and O–H groups in total. The van der Waals surface area contributed by atoms with Crippen molar-refractivity contribution >= 4 is 9.84 Å². The molecule has 0 atom stereocenters. The first-order chi connectivity index (χ1) is 13.6. The van der Waals surface area contributed by atoms with Gasteiger partial charge in [0.05, 0.1) is 15.2 Å². The van der Waals surface area contributed by atoms with Crippen LogP contribution in [-0.4, -0.2) is 25.3 Å². The lowest BCUT2D eigenvalue weighted by Crippen LogP contribution is -2.42. The summed E-state index contributed by atoms with van der Waals surface area (Å²) in [5, 5.41) is 3.09. The van der Waals surface area contributed by atoms with Gasteiger partial charge in [0.15, 0.2) is 9.84 Å². The van der Waals surface area contributed by atoms with E-state index in [1.807, 2.05) is 45.0 Å². The molecule has 4 nitrogen and oxygen atoms in total. The molecular weight excluding hydrogens is 415 g/mol. The fourth-order valence-electron chi connectivity index (χ4n) is 2.79. The van der Waals surface area contributed by atoms with Gasteiger partial charge in [-0.3, -0.25) is 0 Å². The minimum Gasteiger partial charge on any atom is -0.488 e. The highest BCUT2D eigenvalue weighted by molar-refractivity contribution is 7.92. The van der Waals surface area contributed by atoms with Gasteiger partial charge in [0.1, 0.15) is 11.4 Å². The van der Waals surface area contributed by atoms with E-state index in [1.165, 1.54) is 19.9 Å². The Labute approximate surface area is 176 Å². The Hall–Kier alpha value is -2.06. The molecule has 2 aromatic rings. The van der Waals surface area contributed by atoms with Gasteiger partial charge in [-0.15, -0.1) is 0 Å². The van der Waals surface area contributed by atoms with Crippen molar-refractivity contribution in [3.63, 3.8) is 0 Å². The molecule has 166 valence electrons. The van der Waals surface area contributed by atoms with Crippen LogP contribution >= 0.6 is 0 Å². The molecule has 0 fully saturated rings. The number of nitrogens with one attached hydrogen (secondary N) is 1. The van der Waals surface area contributed by atoms with Crippen LogP contribution < -0.4 is 10.1 Å². The second kappa shape index (κ2) is 8.59. The van der Waals surface area contributed by atoms with E-state index in [9.17, 15) is 21.6 Å². The summed E-state index contributed by atoms with van der Waals surface area (Å²) in [6.45, 7) is 9.34. The number of alkyl halides is 3. The monoisotopic (exact) mass is 443 g/mol. The molecule has 0 aromatic heterocycles. The molecule has 2 aromatic carbocycles. The van der Waals surface area contributed by atoms with Crippen molar-refractivity contribution in [1.29, 1.82) is 0 Å². The van der Waals surface area contributed by atoms with Crippen LogP contribution in [0, 0.1) is 0 Å². The van der Waals surface area contributed by atoms with Gasteiger partial charge in [-0.05, 0) is 70.5 Å². The predicted molar refractivity (Wildman–Crippen MR) is 111 cm³/mol. The van der Waals surface area contributed by atoms with Crippen LogP contribution in [0.5, 0.6) is 5.75 Å². The van der Waals surface area contributed by atoms with Gasteiger partial charge in [-0.25, -0.2) is 8.42 Å². The normalized spacial score (nSPS) is 13.3. The number of halogens is 3. The molecule has 0 spiro atoms. The van der Waals surface area contributed by atoms with E-state index >= 15 is 0 Å². The molecular formula is C22H28F3NO3S. The molecule has 0 bridgehead atoms. The zero-order chi connectivity index (χ0) is 22.8. The summed E-state index contributed by atoms with van der Waals surface area (Å²) in [6, 6.07) is 11.3. The fraction of sp³-hybridized carbons (Fsp3) is 0.455. The number of sulfone groups is 1. The quantitative estimate of drug-likeness (QED) is 0.637. The maximum Gasteiger partial charge on any atom is 0.416 e. The highest BCUT2D eigenvalue weighted by atomic mass is 32.2. The Morgan fingerprint density at radius 3 is 2.07 bits per heavy atom. The van der Waals surface area contributed by atoms with Crippen LogP contribution in [0.15, 0.2) is 53.4 Å². The van der Waals surface area contributed by atoms with Crippen molar-refractivity contribution in [2.75, 3.05) is 6.54 Å². The summed E-state index contributed by atoms with van der Waals surface area (Å²) in [6.07, 6.45) is -4.60. The molecule has 8 heteroatoms. The van der Waals surface area contributed by atoms with Crippen molar-refractivity contribution in [2.24, 2.45) is 0 Å². The molecule has 30 heavy (non-hydrogen) atoms. The first-order valence-corrected chi connectivity index (χ1v) is 11.0. The van der Waals surface area contributed by atoms with E-state index in [1.54, 1.807) is 0 Å². The van der Waals surface area contributed by atoms with Gasteiger partial charge in [-0.2, -0.15) is 13.2 Å². The Morgan fingerprint density at radius 2 is 1.53 bits per heavy atom. The second-order valence-electron chi connectivity index (χ2n) is 8.75. The van der Waals surface area contributed by atoms with E-state index in [4.69, 9.17) is 4.74 Å². The number of ether oxygens (including phenoxy) is 1.